The van der Waals surface area contributed by atoms with Gasteiger partial charge in [-0.3, -0.25) is 19.1 Å². The molecular weight excluding hydrogens is 1020 g/mol. The molecule has 0 saturated heterocycles. The van der Waals surface area contributed by atoms with E-state index in [9.17, 15) is 23.1 Å². The van der Waals surface area contributed by atoms with E-state index in [1.807, 2.05) is 84.6 Å². The van der Waals surface area contributed by atoms with Crippen LogP contribution >= 0.6 is 22.9 Å². The van der Waals surface area contributed by atoms with Crippen LogP contribution in [0, 0.1) is 27.7 Å². The first-order chi connectivity index (χ1) is 36.0. The highest BCUT2D eigenvalue weighted by molar-refractivity contribution is 7.89. The lowest BCUT2D eigenvalue weighted by Crippen LogP contribution is -2.29. The summed E-state index contributed by atoms with van der Waals surface area (Å²) in [6.45, 7) is 10.6. The topological polar surface area (TPSA) is 211 Å². The molecule has 4 aromatic carbocycles. The first kappa shape index (κ1) is 54.7. The highest BCUT2D eigenvalue weighted by atomic mass is 35.5. The van der Waals surface area contributed by atoms with E-state index in [0.29, 0.717) is 74.0 Å². The van der Waals surface area contributed by atoms with Gasteiger partial charge in [-0.2, -0.15) is 4.31 Å². The number of aromatic nitrogens is 5. The summed E-state index contributed by atoms with van der Waals surface area (Å²) in [6, 6.07) is 22.6. The molecule has 3 aromatic heterocycles. The van der Waals surface area contributed by atoms with Gasteiger partial charge in [0.2, 0.25) is 15.9 Å². The maximum Gasteiger partial charge on any atom is 0.304 e. The molecule has 0 spiro atoms. The number of carboxylic acid groups (broad SMARTS) is 1. The largest absolute Gasteiger partial charge is 0.494 e. The number of carbonyl (C=O) groups is 2. The van der Waals surface area contributed by atoms with E-state index >= 15 is 0 Å². The number of thiophene rings is 1. The van der Waals surface area contributed by atoms with E-state index in [-0.39, 0.29) is 36.8 Å². The number of sulfonamides is 1. The molecule has 0 aliphatic carbocycles. The molecule has 2 N–H and O–H groups in total. The standard InChI is InChI=1S/C54H61ClN8O10S2/c1-33-8-9-38(44(29-49(65)66)39-27-45-52(47(28-39)69-7)61(5)32-57-45)26-40(33)31-62(6)75(67,68)43-16-14-42(15-17-43)73-25-24-72-23-22-71-21-20-70-19-18-56-48(64)30-46-53-60-59-36(4)63(53)54-50(34(2)35(3)74-54)51(58-46)37-10-12-41(55)13-11-37/h8-17,26-28,32,44,46H,18-25,29-31H2,1-7H3,(H,56,64)(H,65,66)/t44?,46-/m0/s1. The van der Waals surface area contributed by atoms with Crippen molar-refractivity contribution in [3.05, 3.63) is 146 Å². The predicted octanol–water partition coefficient (Wildman–Crippen LogP) is 8.07. The minimum Gasteiger partial charge on any atom is -0.494 e. The number of rotatable bonds is 25. The Morgan fingerprint density at radius 2 is 1.57 bits per heavy atom. The van der Waals surface area contributed by atoms with Gasteiger partial charge >= 0.3 is 5.97 Å². The summed E-state index contributed by atoms with van der Waals surface area (Å²) in [5, 5.41) is 23.3. The Labute approximate surface area is 445 Å². The van der Waals surface area contributed by atoms with Gasteiger partial charge in [-0.25, -0.2) is 13.4 Å². The number of halogens is 1. The van der Waals surface area contributed by atoms with Crippen LogP contribution in [0.15, 0.2) is 95.1 Å². The first-order valence-electron chi connectivity index (χ1n) is 24.4. The molecule has 75 heavy (non-hydrogen) atoms. The van der Waals surface area contributed by atoms with Crippen LogP contribution in [0.1, 0.15) is 80.3 Å². The van der Waals surface area contributed by atoms with Gasteiger partial charge in [-0.15, -0.1) is 21.5 Å². The van der Waals surface area contributed by atoms with Crippen molar-refractivity contribution >= 4 is 61.6 Å². The van der Waals surface area contributed by atoms with Crippen LogP contribution < -0.4 is 14.8 Å². The molecule has 8 rings (SSSR count). The first-order valence-corrected chi connectivity index (χ1v) is 27.0. The summed E-state index contributed by atoms with van der Waals surface area (Å²) < 4.78 is 61.1. The van der Waals surface area contributed by atoms with Crippen LogP contribution in [-0.2, 0) is 47.4 Å². The molecule has 18 nitrogen and oxygen atoms in total. The lowest BCUT2D eigenvalue weighted by molar-refractivity contribution is -0.137. The van der Waals surface area contributed by atoms with Gasteiger partial charge in [0, 0.05) is 54.1 Å². The van der Waals surface area contributed by atoms with Gasteiger partial charge < -0.3 is 38.7 Å². The molecule has 4 heterocycles. The smallest absolute Gasteiger partial charge is 0.304 e. The van der Waals surface area contributed by atoms with Crippen molar-refractivity contribution < 1.29 is 46.8 Å². The van der Waals surface area contributed by atoms with Crippen molar-refractivity contribution in [2.24, 2.45) is 12.0 Å². The fourth-order valence-electron chi connectivity index (χ4n) is 8.93. The van der Waals surface area contributed by atoms with Gasteiger partial charge in [0.25, 0.3) is 0 Å². The summed E-state index contributed by atoms with van der Waals surface area (Å²) in [5.74, 6) is 0.704. The van der Waals surface area contributed by atoms with Crippen LogP contribution in [0.4, 0.5) is 0 Å². The monoisotopic (exact) mass is 1080 g/mol. The third kappa shape index (κ3) is 12.8. The van der Waals surface area contributed by atoms with Crippen molar-refractivity contribution in [2.45, 2.75) is 63.9 Å². The summed E-state index contributed by atoms with van der Waals surface area (Å²) in [5.41, 5.74) is 8.36. The van der Waals surface area contributed by atoms with Gasteiger partial charge in [0.05, 0.1) is 82.0 Å². The average molecular weight is 1080 g/mol. The normalized spacial score (nSPS) is 13.8. The SMILES string of the molecule is COc1cc(C(CC(=O)O)c2ccc(C)c(CN(C)S(=O)(=O)c3ccc(OCCOCCOCCOCCNC(=O)C[C@@H]4N=C(c5ccc(Cl)cc5)c5c(sc(C)c5C)-n5c(C)nnc54)cc3)c2)cc2ncn(C)c12. The van der Waals surface area contributed by atoms with Gasteiger partial charge in [-0.05, 0) is 104 Å². The highest BCUT2D eigenvalue weighted by Gasteiger charge is 2.33. The van der Waals surface area contributed by atoms with Crippen molar-refractivity contribution in [1.29, 1.82) is 0 Å². The molecule has 1 unspecified atom stereocenters. The van der Waals surface area contributed by atoms with E-state index in [2.05, 4.69) is 34.3 Å². The zero-order valence-corrected chi connectivity index (χ0v) is 45.4. The third-order valence-electron chi connectivity index (χ3n) is 13.0. The van der Waals surface area contributed by atoms with Gasteiger partial charge in [0.1, 0.15) is 40.5 Å². The van der Waals surface area contributed by atoms with Crippen LogP contribution in [0.25, 0.3) is 16.0 Å². The van der Waals surface area contributed by atoms with Gasteiger partial charge in [0.15, 0.2) is 5.82 Å². The molecule has 1 aliphatic rings. The predicted molar refractivity (Wildman–Crippen MR) is 286 cm³/mol. The van der Waals surface area contributed by atoms with E-state index in [4.69, 9.17) is 40.3 Å². The van der Waals surface area contributed by atoms with Gasteiger partial charge in [-0.1, -0.05) is 41.9 Å². The maximum absolute atomic E-state index is 13.7. The number of nitrogens with one attached hydrogen (secondary N) is 1. The summed E-state index contributed by atoms with van der Waals surface area (Å²) in [4.78, 5) is 36.3. The Bertz CT molecular complexity index is 3300. The number of benzene rings is 4. The minimum absolute atomic E-state index is 0.0619. The minimum atomic E-state index is -3.91. The second-order valence-corrected chi connectivity index (χ2v) is 21.8. The number of ether oxygens (including phenoxy) is 5. The second kappa shape index (κ2) is 24.4. The van der Waals surface area contributed by atoms with Crippen molar-refractivity contribution in [1.82, 2.24) is 33.9 Å². The van der Waals surface area contributed by atoms with Crippen LogP contribution in [0.2, 0.25) is 5.02 Å². The quantitative estimate of drug-likeness (QED) is 0.0520. The fraction of sp³-hybridized carbons (Fsp3) is 0.370. The maximum atomic E-state index is 13.7. The summed E-state index contributed by atoms with van der Waals surface area (Å²) in [7, 11) is 1.04. The fourth-order valence-corrected chi connectivity index (χ4v) is 11.4. The molecule has 21 heteroatoms. The third-order valence-corrected chi connectivity index (χ3v) is 16.3. The number of aliphatic imine (C=N–C) groups is 1. The number of hydrogen-bond donors (Lipinski definition) is 2. The lowest BCUT2D eigenvalue weighted by atomic mass is 9.86. The van der Waals surface area contributed by atoms with Crippen LogP contribution in [0.5, 0.6) is 11.5 Å². The number of aliphatic carboxylic acids is 1. The molecule has 0 radical (unpaired) electrons. The molecule has 1 aliphatic heterocycles. The summed E-state index contributed by atoms with van der Waals surface area (Å²) >= 11 is 7.89. The highest BCUT2D eigenvalue weighted by Crippen LogP contribution is 2.40. The van der Waals surface area contributed by atoms with Crippen LogP contribution in [0.3, 0.4) is 0 Å². The van der Waals surface area contributed by atoms with Crippen LogP contribution in [-0.4, -0.2) is 127 Å². The number of carbonyl (C=O) groups excluding carboxylic acids is 1. The number of aryl methyl sites for hydroxylation is 4. The van der Waals surface area contributed by atoms with E-state index in [1.54, 1.807) is 36.9 Å². The molecule has 2 atom stereocenters. The van der Waals surface area contributed by atoms with Crippen molar-refractivity contribution in [3.63, 3.8) is 0 Å². The molecule has 0 saturated carbocycles. The lowest BCUT2D eigenvalue weighted by Gasteiger charge is -2.22. The Morgan fingerprint density at radius 1 is 0.880 bits per heavy atom. The Hall–Kier alpha value is -6.52. The van der Waals surface area contributed by atoms with E-state index in [1.165, 1.54) is 28.4 Å². The molecule has 1 amide bonds. The molecule has 0 bridgehead atoms. The van der Waals surface area contributed by atoms with E-state index in [0.717, 1.165) is 61.0 Å². The van der Waals surface area contributed by atoms with Crippen molar-refractivity contribution in [3.8, 4) is 16.5 Å². The average Bonchev–Trinajstić information content (AvgIpc) is 4.03. The second-order valence-electron chi connectivity index (χ2n) is 18.2. The number of methoxy groups -OCH3 is 1. The Morgan fingerprint density at radius 3 is 2.27 bits per heavy atom. The number of amides is 1. The molecule has 396 valence electrons. The number of nitrogens with zero attached hydrogens (tertiary/aromatic N) is 7. The Balaban J connectivity index is 0.728. The zero-order valence-electron chi connectivity index (χ0n) is 43.0. The molecular formula is C54H61ClN8O10S2. The Kier molecular flexibility index (Phi) is 17.8. The summed E-state index contributed by atoms with van der Waals surface area (Å²) in [6.07, 6.45) is 1.57. The number of carboxylic acids is 1. The molecule has 7 aromatic rings. The number of imidazole rings is 1. The molecule has 0 fully saturated rings. The van der Waals surface area contributed by atoms with Crippen molar-refractivity contribution in [2.75, 3.05) is 67.0 Å². The van der Waals surface area contributed by atoms with E-state index < -0.39 is 28.0 Å². The zero-order chi connectivity index (χ0) is 53.4. The number of fused-ring (bicyclic) bond motifs is 4. The number of hydrogen-bond acceptors (Lipinski definition) is 14.